The zero-order chi connectivity index (χ0) is 15.1. The van der Waals surface area contributed by atoms with Crippen molar-refractivity contribution in [3.05, 3.63) is 18.0 Å². The van der Waals surface area contributed by atoms with Crippen LogP contribution in [0.1, 0.15) is 11.8 Å². The number of imidazole rings is 1. The van der Waals surface area contributed by atoms with E-state index in [4.69, 9.17) is 9.84 Å². The lowest BCUT2D eigenvalue weighted by molar-refractivity contribution is -0.0508. The Morgan fingerprint density at radius 2 is 2.19 bits per heavy atom. The molecule has 0 bridgehead atoms. The summed E-state index contributed by atoms with van der Waals surface area (Å²) >= 11 is 1.35. The van der Waals surface area contributed by atoms with Gasteiger partial charge < -0.3 is 24.6 Å². The molecule has 2 aromatic rings. The predicted molar refractivity (Wildman–Crippen MR) is 72.7 cm³/mol. The molecule has 8 nitrogen and oxygen atoms in total. The molecule has 9 heteroatoms. The van der Waals surface area contributed by atoms with Gasteiger partial charge in [0.25, 0.3) is 0 Å². The second kappa shape index (κ2) is 5.32. The number of nitrogens with zero attached hydrogens (tertiary/aromatic N) is 4. The molecule has 2 aromatic heterocycles. The molecule has 0 radical (unpaired) electrons. The molecule has 1 aliphatic heterocycles. The maximum Gasteiger partial charge on any atom is 0.164 e. The molecule has 0 saturated carbocycles. The molecular formula is C12H14N4O4S. The van der Waals surface area contributed by atoms with Gasteiger partial charge >= 0.3 is 0 Å². The van der Waals surface area contributed by atoms with Crippen LogP contribution < -0.4 is 0 Å². The van der Waals surface area contributed by atoms with E-state index in [0.29, 0.717) is 16.2 Å². The van der Waals surface area contributed by atoms with E-state index < -0.39 is 31.1 Å². The standard InChI is InChI=1S/C12H14N4O4S/c1-21-10-6(4-13)11-15(2-3-16(11)14-10)12-9(19)8(18)7(5-17)20-12/h2-3,7-9,12,17-19H,5H2,1H3/t7-,8-,9-,12-/m1/s1. The Labute approximate surface area is 124 Å². The molecule has 1 saturated heterocycles. The van der Waals surface area contributed by atoms with Gasteiger partial charge in [0.1, 0.15) is 35.0 Å². The fourth-order valence-corrected chi connectivity index (χ4v) is 3.03. The first-order valence-electron chi connectivity index (χ1n) is 6.28. The highest BCUT2D eigenvalue weighted by molar-refractivity contribution is 7.98. The highest BCUT2D eigenvalue weighted by Gasteiger charge is 2.44. The summed E-state index contributed by atoms with van der Waals surface area (Å²) in [5.74, 6) is 0. The van der Waals surface area contributed by atoms with Crippen molar-refractivity contribution < 1.29 is 20.1 Å². The molecule has 3 rings (SSSR count). The zero-order valence-electron chi connectivity index (χ0n) is 11.1. The fourth-order valence-electron chi connectivity index (χ4n) is 2.52. The van der Waals surface area contributed by atoms with E-state index in [1.165, 1.54) is 16.3 Å². The van der Waals surface area contributed by atoms with E-state index >= 15 is 0 Å². The quantitative estimate of drug-likeness (QED) is 0.644. The van der Waals surface area contributed by atoms with Crippen molar-refractivity contribution >= 4 is 17.4 Å². The molecule has 3 N–H and O–H groups in total. The largest absolute Gasteiger partial charge is 0.394 e. The molecule has 3 heterocycles. The highest BCUT2D eigenvalue weighted by Crippen LogP contribution is 2.33. The van der Waals surface area contributed by atoms with Crippen LogP contribution in [0.15, 0.2) is 17.4 Å². The summed E-state index contributed by atoms with van der Waals surface area (Å²) in [6.07, 6.45) is 0.958. The second-order valence-corrected chi connectivity index (χ2v) is 5.49. The summed E-state index contributed by atoms with van der Waals surface area (Å²) < 4.78 is 8.56. The third kappa shape index (κ3) is 2.04. The van der Waals surface area contributed by atoms with E-state index in [0.717, 1.165) is 0 Å². The SMILES string of the molecule is CSc1nn2ccn([C@@H]3O[C@H](CO)[C@@H](O)[C@H]3O)c2c1C#N. The molecule has 4 atom stereocenters. The van der Waals surface area contributed by atoms with E-state index in [-0.39, 0.29) is 0 Å². The molecule has 0 aromatic carbocycles. The van der Waals surface area contributed by atoms with Crippen LogP contribution in [-0.4, -0.2) is 60.7 Å². The molecule has 21 heavy (non-hydrogen) atoms. The first-order valence-corrected chi connectivity index (χ1v) is 7.50. The Morgan fingerprint density at radius 1 is 1.43 bits per heavy atom. The summed E-state index contributed by atoms with van der Waals surface area (Å²) in [6, 6.07) is 2.10. The average Bonchev–Trinajstić information content (AvgIpc) is 3.12. The Bertz CT molecular complexity index is 706. The second-order valence-electron chi connectivity index (χ2n) is 4.70. The van der Waals surface area contributed by atoms with Crippen molar-refractivity contribution in [3.63, 3.8) is 0 Å². The van der Waals surface area contributed by atoms with Gasteiger partial charge in [-0.25, -0.2) is 4.52 Å². The van der Waals surface area contributed by atoms with Gasteiger partial charge in [0.2, 0.25) is 0 Å². The van der Waals surface area contributed by atoms with E-state index in [1.807, 2.05) is 6.26 Å². The van der Waals surface area contributed by atoms with Gasteiger partial charge in [-0.3, -0.25) is 0 Å². The Morgan fingerprint density at radius 3 is 2.76 bits per heavy atom. The van der Waals surface area contributed by atoms with Crippen LogP contribution in [-0.2, 0) is 4.74 Å². The molecule has 1 fully saturated rings. The minimum Gasteiger partial charge on any atom is -0.394 e. The minimum absolute atomic E-state index is 0.380. The van der Waals surface area contributed by atoms with Crippen molar-refractivity contribution in [2.24, 2.45) is 0 Å². The number of ether oxygens (including phenoxy) is 1. The van der Waals surface area contributed by atoms with Crippen LogP contribution in [0.25, 0.3) is 5.65 Å². The number of hydrogen-bond acceptors (Lipinski definition) is 7. The van der Waals surface area contributed by atoms with Crippen molar-refractivity contribution in [2.45, 2.75) is 29.6 Å². The third-order valence-electron chi connectivity index (χ3n) is 3.56. The molecule has 0 unspecified atom stereocenters. The first kappa shape index (κ1) is 14.4. The minimum atomic E-state index is -1.20. The van der Waals surface area contributed by atoms with Gasteiger partial charge in [-0.2, -0.15) is 10.4 Å². The first-order chi connectivity index (χ1) is 10.1. The van der Waals surface area contributed by atoms with Crippen LogP contribution in [0.2, 0.25) is 0 Å². The summed E-state index contributed by atoms with van der Waals surface area (Å²) in [4.78, 5) is 0. The lowest BCUT2D eigenvalue weighted by Gasteiger charge is -2.16. The van der Waals surface area contributed by atoms with Crippen molar-refractivity contribution in [2.75, 3.05) is 12.9 Å². The molecular weight excluding hydrogens is 296 g/mol. The summed E-state index contributed by atoms with van der Waals surface area (Å²) in [5, 5.41) is 43.2. The normalized spacial score (nSPS) is 29.1. The summed E-state index contributed by atoms with van der Waals surface area (Å²) in [7, 11) is 0. The van der Waals surface area contributed by atoms with Crippen LogP contribution in [0.3, 0.4) is 0 Å². The number of thioether (sulfide) groups is 1. The maximum absolute atomic E-state index is 10.1. The maximum atomic E-state index is 10.1. The van der Waals surface area contributed by atoms with Crippen LogP contribution in [0, 0.1) is 11.3 Å². The van der Waals surface area contributed by atoms with Crippen molar-refractivity contribution in [1.29, 1.82) is 5.26 Å². The van der Waals surface area contributed by atoms with Gasteiger partial charge in [0, 0.05) is 12.4 Å². The molecule has 0 amide bonds. The Kier molecular flexibility index (Phi) is 3.64. The Hall–Kier alpha value is -1.57. The third-order valence-corrected chi connectivity index (χ3v) is 4.24. The fraction of sp³-hybridized carbons (Fsp3) is 0.500. The molecule has 0 aliphatic carbocycles. The summed E-state index contributed by atoms with van der Waals surface area (Å²) in [6.45, 7) is -0.396. The van der Waals surface area contributed by atoms with E-state index in [2.05, 4.69) is 11.2 Å². The molecule has 0 spiro atoms. The average molecular weight is 310 g/mol. The monoisotopic (exact) mass is 310 g/mol. The molecule has 112 valence electrons. The van der Waals surface area contributed by atoms with Gasteiger partial charge in [-0.1, -0.05) is 0 Å². The number of fused-ring (bicyclic) bond motifs is 1. The number of aliphatic hydroxyl groups is 3. The number of aromatic nitrogens is 3. The summed E-state index contributed by atoms with van der Waals surface area (Å²) in [5.41, 5.74) is 0.863. The van der Waals surface area contributed by atoms with Gasteiger partial charge in [0.05, 0.1) is 6.61 Å². The van der Waals surface area contributed by atoms with E-state index in [1.54, 1.807) is 17.0 Å². The van der Waals surface area contributed by atoms with Crippen molar-refractivity contribution in [3.8, 4) is 6.07 Å². The lowest BCUT2D eigenvalue weighted by atomic mass is 10.1. The van der Waals surface area contributed by atoms with Crippen molar-refractivity contribution in [1.82, 2.24) is 14.2 Å². The van der Waals surface area contributed by atoms with Gasteiger partial charge in [-0.15, -0.1) is 11.8 Å². The topological polar surface area (TPSA) is 116 Å². The smallest absolute Gasteiger partial charge is 0.164 e. The molecule has 1 aliphatic rings. The van der Waals surface area contributed by atoms with Gasteiger partial charge in [0.15, 0.2) is 11.9 Å². The highest BCUT2D eigenvalue weighted by atomic mass is 32.2. The number of aliphatic hydroxyl groups excluding tert-OH is 3. The number of nitriles is 1. The van der Waals surface area contributed by atoms with Crippen LogP contribution in [0.4, 0.5) is 0 Å². The van der Waals surface area contributed by atoms with Gasteiger partial charge in [-0.05, 0) is 6.26 Å². The lowest BCUT2D eigenvalue weighted by Crippen LogP contribution is -2.33. The van der Waals surface area contributed by atoms with Crippen LogP contribution >= 0.6 is 11.8 Å². The zero-order valence-corrected chi connectivity index (χ0v) is 11.9. The van der Waals surface area contributed by atoms with Crippen LogP contribution in [0.5, 0.6) is 0 Å². The Balaban J connectivity index is 2.09. The number of hydrogen-bond donors (Lipinski definition) is 3. The predicted octanol–water partition coefficient (Wildman–Crippen LogP) is -0.659. The number of rotatable bonds is 3. The van der Waals surface area contributed by atoms with E-state index in [9.17, 15) is 15.5 Å².